The van der Waals surface area contributed by atoms with E-state index in [-0.39, 0.29) is 6.04 Å². The first-order valence-corrected chi connectivity index (χ1v) is 7.51. The van der Waals surface area contributed by atoms with Crippen molar-refractivity contribution in [1.29, 1.82) is 0 Å². The van der Waals surface area contributed by atoms with Gasteiger partial charge >= 0.3 is 0 Å². The fraction of sp³-hybridized carbons (Fsp3) is 0.294. The molecule has 3 rings (SSSR count). The molecule has 1 aliphatic rings. The van der Waals surface area contributed by atoms with Crippen molar-refractivity contribution in [3.63, 3.8) is 0 Å². The molecule has 1 heterocycles. The van der Waals surface area contributed by atoms with Gasteiger partial charge in [-0.15, -0.1) is 0 Å². The summed E-state index contributed by atoms with van der Waals surface area (Å²) in [5.41, 5.74) is 9.66. The van der Waals surface area contributed by atoms with Crippen LogP contribution in [0.3, 0.4) is 0 Å². The van der Waals surface area contributed by atoms with Crippen molar-refractivity contribution in [2.75, 3.05) is 25.1 Å². The summed E-state index contributed by atoms with van der Waals surface area (Å²) in [5.74, 6) is 0.794. The molecule has 1 unspecified atom stereocenters. The third-order valence-electron chi connectivity index (χ3n) is 4.09. The molecule has 1 atom stereocenters. The van der Waals surface area contributed by atoms with E-state index in [4.69, 9.17) is 22.1 Å². The Morgan fingerprint density at radius 3 is 2.81 bits per heavy atom. The number of halogens is 1. The first-order valence-electron chi connectivity index (χ1n) is 7.13. The predicted molar refractivity (Wildman–Crippen MR) is 87.3 cm³/mol. The summed E-state index contributed by atoms with van der Waals surface area (Å²) in [6.07, 6.45) is 1.04. The number of hydrogen-bond acceptors (Lipinski definition) is 3. The van der Waals surface area contributed by atoms with Gasteiger partial charge in [0.25, 0.3) is 0 Å². The van der Waals surface area contributed by atoms with E-state index in [1.807, 2.05) is 18.2 Å². The van der Waals surface area contributed by atoms with E-state index in [2.05, 4.69) is 29.2 Å². The van der Waals surface area contributed by atoms with Gasteiger partial charge in [-0.25, -0.2) is 0 Å². The molecular formula is C17H19ClN2O. The van der Waals surface area contributed by atoms with Gasteiger partial charge in [-0.2, -0.15) is 0 Å². The van der Waals surface area contributed by atoms with Crippen LogP contribution in [0.4, 0.5) is 5.69 Å². The Labute approximate surface area is 130 Å². The van der Waals surface area contributed by atoms with E-state index >= 15 is 0 Å². The summed E-state index contributed by atoms with van der Waals surface area (Å²) in [7, 11) is 1.67. The van der Waals surface area contributed by atoms with Crippen molar-refractivity contribution in [2.45, 2.75) is 12.5 Å². The molecule has 0 aliphatic carbocycles. The minimum absolute atomic E-state index is 0.0253. The lowest BCUT2D eigenvalue weighted by molar-refractivity contribution is 0.404. The van der Waals surface area contributed by atoms with Crippen molar-refractivity contribution in [1.82, 2.24) is 0 Å². The van der Waals surface area contributed by atoms with Crippen molar-refractivity contribution in [2.24, 2.45) is 5.73 Å². The van der Waals surface area contributed by atoms with Crippen molar-refractivity contribution < 1.29 is 4.74 Å². The highest BCUT2D eigenvalue weighted by atomic mass is 35.5. The number of para-hydroxylation sites is 1. The molecule has 3 nitrogen and oxygen atoms in total. The number of rotatable bonds is 4. The van der Waals surface area contributed by atoms with Crippen LogP contribution in [0.1, 0.15) is 17.2 Å². The smallest absolute Gasteiger partial charge is 0.125 e. The zero-order valence-electron chi connectivity index (χ0n) is 12.1. The molecule has 0 radical (unpaired) electrons. The SMILES string of the molecule is COc1cccc(Cl)c1C(CN)N1CCc2ccccc21. The predicted octanol–water partition coefficient (Wildman–Crippen LogP) is 3.41. The van der Waals surface area contributed by atoms with E-state index in [9.17, 15) is 0 Å². The largest absolute Gasteiger partial charge is 0.496 e. The molecule has 2 aromatic carbocycles. The second-order valence-corrected chi connectivity index (χ2v) is 5.59. The average Bonchev–Trinajstić information content (AvgIpc) is 2.94. The molecule has 4 heteroatoms. The highest BCUT2D eigenvalue weighted by molar-refractivity contribution is 6.31. The van der Waals surface area contributed by atoms with Gasteiger partial charge in [-0.1, -0.05) is 35.9 Å². The maximum Gasteiger partial charge on any atom is 0.125 e. The molecule has 110 valence electrons. The molecule has 0 fully saturated rings. The molecule has 0 saturated carbocycles. The summed E-state index contributed by atoms with van der Waals surface area (Å²) in [6, 6.07) is 14.2. The number of anilines is 1. The van der Waals surface area contributed by atoms with Gasteiger partial charge in [0, 0.05) is 29.4 Å². The van der Waals surface area contributed by atoms with E-state index in [0.717, 1.165) is 24.3 Å². The molecule has 21 heavy (non-hydrogen) atoms. The van der Waals surface area contributed by atoms with E-state index < -0.39 is 0 Å². The number of methoxy groups -OCH3 is 1. The lowest BCUT2D eigenvalue weighted by Crippen LogP contribution is -2.33. The fourth-order valence-electron chi connectivity index (χ4n) is 3.11. The lowest BCUT2D eigenvalue weighted by atomic mass is 10.0. The zero-order valence-corrected chi connectivity index (χ0v) is 12.8. The summed E-state index contributed by atoms with van der Waals surface area (Å²) >= 11 is 6.42. The van der Waals surface area contributed by atoms with Crippen LogP contribution in [0.5, 0.6) is 5.75 Å². The van der Waals surface area contributed by atoms with Crippen LogP contribution >= 0.6 is 11.6 Å². The molecule has 0 saturated heterocycles. The Bertz CT molecular complexity index is 644. The van der Waals surface area contributed by atoms with Crippen LogP contribution < -0.4 is 15.4 Å². The maximum absolute atomic E-state index is 6.42. The van der Waals surface area contributed by atoms with Crippen molar-refractivity contribution in [3.8, 4) is 5.75 Å². The lowest BCUT2D eigenvalue weighted by Gasteiger charge is -2.31. The molecule has 0 bridgehead atoms. The Kier molecular flexibility index (Phi) is 4.04. The number of ether oxygens (including phenoxy) is 1. The van der Waals surface area contributed by atoms with Crippen LogP contribution in [0.25, 0.3) is 0 Å². The molecule has 1 aliphatic heterocycles. The van der Waals surface area contributed by atoms with Crippen LogP contribution in [0.2, 0.25) is 5.02 Å². The summed E-state index contributed by atoms with van der Waals surface area (Å²) < 4.78 is 5.49. The Morgan fingerprint density at radius 1 is 1.24 bits per heavy atom. The minimum Gasteiger partial charge on any atom is -0.496 e. The van der Waals surface area contributed by atoms with Crippen molar-refractivity contribution in [3.05, 3.63) is 58.6 Å². The number of nitrogens with zero attached hydrogens (tertiary/aromatic N) is 1. The van der Waals surface area contributed by atoms with Crippen molar-refractivity contribution >= 4 is 17.3 Å². The normalized spacial score (nSPS) is 14.9. The Balaban J connectivity index is 2.05. The van der Waals surface area contributed by atoms with Gasteiger partial charge in [0.2, 0.25) is 0 Å². The first kappa shape index (κ1) is 14.2. The van der Waals surface area contributed by atoms with E-state index in [1.54, 1.807) is 7.11 Å². The molecule has 0 spiro atoms. The summed E-state index contributed by atoms with van der Waals surface area (Å²) in [4.78, 5) is 2.33. The minimum atomic E-state index is 0.0253. The van der Waals surface area contributed by atoms with Crippen LogP contribution in [0, 0.1) is 0 Å². The number of hydrogen-bond donors (Lipinski definition) is 1. The Hall–Kier alpha value is -1.71. The average molecular weight is 303 g/mol. The monoisotopic (exact) mass is 302 g/mol. The number of nitrogens with two attached hydrogens (primary N) is 1. The maximum atomic E-state index is 6.42. The second kappa shape index (κ2) is 5.96. The quantitative estimate of drug-likeness (QED) is 0.940. The highest BCUT2D eigenvalue weighted by Crippen LogP contribution is 2.40. The number of fused-ring (bicyclic) bond motifs is 1. The van der Waals surface area contributed by atoms with Crippen LogP contribution in [0.15, 0.2) is 42.5 Å². The van der Waals surface area contributed by atoms with Gasteiger partial charge in [-0.05, 0) is 30.2 Å². The zero-order chi connectivity index (χ0) is 14.8. The molecular weight excluding hydrogens is 284 g/mol. The summed E-state index contributed by atoms with van der Waals surface area (Å²) in [6.45, 7) is 1.45. The van der Waals surface area contributed by atoms with Gasteiger partial charge < -0.3 is 15.4 Å². The van der Waals surface area contributed by atoms with Gasteiger partial charge in [-0.3, -0.25) is 0 Å². The standard InChI is InChI=1S/C17H19ClN2O/c1-21-16-8-4-6-13(18)17(16)15(11-19)20-10-9-12-5-2-3-7-14(12)20/h2-8,15H,9-11,19H2,1H3. The first-order chi connectivity index (χ1) is 10.3. The van der Waals surface area contributed by atoms with E-state index in [1.165, 1.54) is 11.3 Å². The van der Waals surface area contributed by atoms with Gasteiger partial charge in [0.15, 0.2) is 0 Å². The third kappa shape index (κ3) is 2.47. The topological polar surface area (TPSA) is 38.5 Å². The highest BCUT2D eigenvalue weighted by Gasteiger charge is 2.29. The van der Waals surface area contributed by atoms with E-state index in [0.29, 0.717) is 11.6 Å². The van der Waals surface area contributed by atoms with Crippen LogP contribution in [-0.2, 0) is 6.42 Å². The molecule has 2 N–H and O–H groups in total. The number of benzene rings is 2. The second-order valence-electron chi connectivity index (χ2n) is 5.18. The Morgan fingerprint density at radius 2 is 2.05 bits per heavy atom. The van der Waals surface area contributed by atoms with Gasteiger partial charge in [0.1, 0.15) is 5.75 Å². The molecule has 2 aromatic rings. The molecule has 0 aromatic heterocycles. The fourth-order valence-corrected chi connectivity index (χ4v) is 3.40. The summed E-state index contributed by atoms with van der Waals surface area (Å²) in [5, 5.41) is 0.703. The van der Waals surface area contributed by atoms with Gasteiger partial charge in [0.05, 0.1) is 13.2 Å². The van der Waals surface area contributed by atoms with Crippen LogP contribution in [-0.4, -0.2) is 20.2 Å². The molecule has 0 amide bonds. The third-order valence-corrected chi connectivity index (χ3v) is 4.42.